The first-order valence-electron chi connectivity index (χ1n) is 11.4. The second-order valence-electron chi connectivity index (χ2n) is 8.75. The van der Waals surface area contributed by atoms with Crippen LogP contribution in [0.4, 0.5) is 11.6 Å². The summed E-state index contributed by atoms with van der Waals surface area (Å²) in [6.07, 6.45) is 7.51. The van der Waals surface area contributed by atoms with Crippen molar-refractivity contribution >= 4 is 35.1 Å². The number of rotatable bonds is 6. The highest BCUT2D eigenvalue weighted by Gasteiger charge is 2.25. The zero-order valence-corrected chi connectivity index (χ0v) is 20.0. The van der Waals surface area contributed by atoms with Crippen LogP contribution >= 0.6 is 12.4 Å². The van der Waals surface area contributed by atoms with Crippen molar-refractivity contribution in [3.63, 3.8) is 0 Å². The van der Waals surface area contributed by atoms with Gasteiger partial charge in [0.15, 0.2) is 0 Å². The van der Waals surface area contributed by atoms with Crippen molar-refractivity contribution in [2.45, 2.75) is 25.3 Å². The van der Waals surface area contributed by atoms with E-state index >= 15 is 0 Å². The van der Waals surface area contributed by atoms with E-state index in [9.17, 15) is 10.1 Å². The van der Waals surface area contributed by atoms with Gasteiger partial charge in [0.05, 0.1) is 41.2 Å². The first-order valence-corrected chi connectivity index (χ1v) is 11.4. The van der Waals surface area contributed by atoms with Crippen LogP contribution in [0.25, 0.3) is 22.3 Å². The van der Waals surface area contributed by atoms with Gasteiger partial charge >= 0.3 is 0 Å². The van der Waals surface area contributed by atoms with Gasteiger partial charge in [0.2, 0.25) is 5.56 Å². The van der Waals surface area contributed by atoms with Gasteiger partial charge < -0.3 is 14.9 Å². The van der Waals surface area contributed by atoms with Crippen LogP contribution in [0.5, 0.6) is 0 Å². The Bertz CT molecular complexity index is 1640. The molecule has 1 fully saturated rings. The Morgan fingerprint density at radius 2 is 1.94 bits per heavy atom. The number of nitrogens with zero attached hydrogens (tertiary/aromatic N) is 5. The van der Waals surface area contributed by atoms with Gasteiger partial charge in [-0.1, -0.05) is 12.1 Å². The molecule has 178 valence electrons. The number of H-pyrrole nitrogens is 1. The maximum atomic E-state index is 11.4. The van der Waals surface area contributed by atoms with E-state index in [-0.39, 0.29) is 18.0 Å². The van der Waals surface area contributed by atoms with E-state index in [2.05, 4.69) is 49.1 Å². The number of aromatic nitrogens is 5. The molecule has 0 spiro atoms. The summed E-state index contributed by atoms with van der Waals surface area (Å²) in [5, 5.41) is 12.5. The summed E-state index contributed by atoms with van der Waals surface area (Å²) >= 11 is 0. The number of hydrogen-bond acceptors (Lipinski definition) is 6. The van der Waals surface area contributed by atoms with Crippen LogP contribution in [0.1, 0.15) is 35.4 Å². The number of aromatic amines is 1. The van der Waals surface area contributed by atoms with Crippen molar-refractivity contribution < 1.29 is 0 Å². The smallest absolute Gasteiger partial charge is 0.247 e. The van der Waals surface area contributed by atoms with Crippen LogP contribution in [0.3, 0.4) is 0 Å². The predicted octanol–water partition coefficient (Wildman–Crippen LogP) is 5.14. The molecule has 1 aromatic carbocycles. The lowest BCUT2D eigenvalue weighted by molar-refractivity contribution is 0.818. The van der Waals surface area contributed by atoms with E-state index in [1.165, 1.54) is 24.5 Å². The number of benzene rings is 1. The maximum Gasteiger partial charge on any atom is 0.247 e. The average Bonchev–Trinajstić information content (AvgIpc) is 3.67. The molecule has 1 aliphatic carbocycles. The first-order chi connectivity index (χ1) is 17.1. The summed E-state index contributed by atoms with van der Waals surface area (Å²) in [4.78, 5) is 27.9. The molecule has 9 heteroatoms. The molecule has 0 aliphatic heterocycles. The fourth-order valence-electron chi connectivity index (χ4n) is 4.20. The number of imidazole rings is 1. The summed E-state index contributed by atoms with van der Waals surface area (Å²) in [6.45, 7) is 0.597. The molecule has 0 bridgehead atoms. The Hall–Kier alpha value is -4.48. The van der Waals surface area contributed by atoms with Gasteiger partial charge in [0.1, 0.15) is 11.6 Å². The number of anilines is 2. The highest BCUT2D eigenvalue weighted by atomic mass is 35.5. The molecule has 4 aromatic heterocycles. The largest absolute Gasteiger partial charge is 0.329 e. The van der Waals surface area contributed by atoms with Crippen LogP contribution in [0.2, 0.25) is 0 Å². The third-order valence-corrected chi connectivity index (χ3v) is 6.16. The average molecular weight is 496 g/mol. The molecule has 0 amide bonds. The van der Waals surface area contributed by atoms with E-state index in [1.54, 1.807) is 24.5 Å². The number of halogens is 1. The van der Waals surface area contributed by atoms with Gasteiger partial charge in [-0.05, 0) is 66.3 Å². The molecule has 6 rings (SSSR count). The lowest BCUT2D eigenvalue weighted by atomic mass is 10.1. The summed E-state index contributed by atoms with van der Waals surface area (Å²) < 4.78 is 2.06. The van der Waals surface area contributed by atoms with E-state index in [0.29, 0.717) is 29.7 Å². The Labute approximate surface area is 213 Å². The number of hydrogen-bond donors (Lipinski definition) is 2. The standard InChI is InChI=1S/C27H21N7O.ClH/c28-13-17-7-8-29-25(9-17)33-26-12-21(19-2-3-19)10-23(32-26)20-4-5-22-24(11-20)34(16-31-22)15-18-1-6-27(35)30-14-18;/h1,4-12,14,16,19H,2-3,15H2,(H,30,35)(H,29,32,33);1H. The van der Waals surface area contributed by atoms with E-state index in [4.69, 9.17) is 4.98 Å². The van der Waals surface area contributed by atoms with Crippen molar-refractivity contribution in [2.24, 2.45) is 0 Å². The number of nitriles is 1. The minimum absolute atomic E-state index is 0. The lowest BCUT2D eigenvalue weighted by Crippen LogP contribution is -2.05. The Morgan fingerprint density at radius 3 is 2.72 bits per heavy atom. The number of fused-ring (bicyclic) bond motifs is 1. The summed E-state index contributed by atoms with van der Waals surface area (Å²) in [6, 6.07) is 19.3. The van der Waals surface area contributed by atoms with Crippen LogP contribution < -0.4 is 10.9 Å². The topological polar surface area (TPSA) is 112 Å². The molecule has 0 atom stereocenters. The first kappa shape index (κ1) is 23.3. The quantitative estimate of drug-likeness (QED) is 0.337. The third kappa shape index (κ3) is 4.83. The van der Waals surface area contributed by atoms with E-state index in [1.807, 2.05) is 24.5 Å². The SMILES string of the molecule is Cl.N#Cc1ccnc(Nc2cc(C3CC3)cc(-c3ccc4ncn(Cc5ccc(=O)[nH]c5)c4c3)n2)c1. The van der Waals surface area contributed by atoms with Crippen molar-refractivity contribution in [2.75, 3.05) is 5.32 Å². The lowest BCUT2D eigenvalue weighted by Gasteiger charge is -2.11. The van der Waals surface area contributed by atoms with Crippen molar-refractivity contribution in [3.05, 3.63) is 100 Å². The van der Waals surface area contributed by atoms with E-state index in [0.717, 1.165) is 27.9 Å². The van der Waals surface area contributed by atoms with Crippen LogP contribution in [-0.4, -0.2) is 24.5 Å². The second kappa shape index (κ2) is 9.64. The zero-order valence-electron chi connectivity index (χ0n) is 19.2. The van der Waals surface area contributed by atoms with Gasteiger partial charge in [-0.25, -0.2) is 15.0 Å². The Balaban J connectivity index is 0.00000267. The van der Waals surface area contributed by atoms with Crippen LogP contribution in [0.15, 0.2) is 78.1 Å². The fraction of sp³-hybridized carbons (Fsp3) is 0.148. The van der Waals surface area contributed by atoms with Gasteiger partial charge in [0.25, 0.3) is 0 Å². The Morgan fingerprint density at radius 1 is 1.06 bits per heavy atom. The minimum atomic E-state index is -0.118. The fourth-order valence-corrected chi connectivity index (χ4v) is 4.20. The summed E-state index contributed by atoms with van der Waals surface area (Å²) in [5.74, 6) is 1.84. The van der Waals surface area contributed by atoms with Crippen LogP contribution in [-0.2, 0) is 6.54 Å². The molecule has 0 saturated heterocycles. The molecule has 4 heterocycles. The summed E-state index contributed by atoms with van der Waals surface area (Å²) in [5.41, 5.74) is 6.40. The molecule has 1 aliphatic rings. The van der Waals surface area contributed by atoms with Gasteiger partial charge in [0, 0.05) is 24.0 Å². The molecule has 36 heavy (non-hydrogen) atoms. The molecular weight excluding hydrogens is 474 g/mol. The van der Waals surface area contributed by atoms with Crippen LogP contribution in [0, 0.1) is 11.3 Å². The number of pyridine rings is 3. The van der Waals surface area contributed by atoms with Crippen molar-refractivity contribution in [1.29, 1.82) is 5.26 Å². The zero-order chi connectivity index (χ0) is 23.8. The highest BCUT2D eigenvalue weighted by Crippen LogP contribution is 2.42. The minimum Gasteiger partial charge on any atom is -0.329 e. The molecule has 1 saturated carbocycles. The van der Waals surface area contributed by atoms with Gasteiger partial charge in [-0.3, -0.25) is 4.79 Å². The summed E-state index contributed by atoms with van der Waals surface area (Å²) in [7, 11) is 0. The molecule has 0 unspecified atom stereocenters. The number of nitrogens with one attached hydrogen (secondary N) is 2. The molecule has 0 radical (unpaired) electrons. The van der Waals surface area contributed by atoms with Gasteiger partial charge in [-0.15, -0.1) is 12.4 Å². The highest BCUT2D eigenvalue weighted by molar-refractivity contribution is 5.85. The maximum absolute atomic E-state index is 11.4. The molecule has 2 N–H and O–H groups in total. The molecule has 5 aromatic rings. The normalized spacial score (nSPS) is 12.6. The van der Waals surface area contributed by atoms with E-state index < -0.39 is 0 Å². The van der Waals surface area contributed by atoms with Crippen molar-refractivity contribution in [1.82, 2.24) is 24.5 Å². The van der Waals surface area contributed by atoms with Gasteiger partial charge in [-0.2, -0.15) is 5.26 Å². The van der Waals surface area contributed by atoms with Crippen molar-refractivity contribution in [3.8, 4) is 17.3 Å². The third-order valence-electron chi connectivity index (χ3n) is 6.16. The molecular formula is C27H22ClN7O. The second-order valence-corrected chi connectivity index (χ2v) is 8.75. The predicted molar refractivity (Wildman–Crippen MR) is 141 cm³/mol. The molecule has 8 nitrogen and oxygen atoms in total. The Kier molecular flexibility index (Phi) is 6.23. The monoisotopic (exact) mass is 495 g/mol.